The third kappa shape index (κ3) is 4.99. The molecular weight excluding hydrogens is 392 g/mol. The highest BCUT2D eigenvalue weighted by Crippen LogP contribution is 2.28. The van der Waals surface area contributed by atoms with Crippen LogP contribution in [0.3, 0.4) is 0 Å². The molecule has 7 nitrogen and oxygen atoms in total. The molecule has 0 unspecified atom stereocenters. The van der Waals surface area contributed by atoms with Gasteiger partial charge in [0.25, 0.3) is 5.89 Å². The summed E-state index contributed by atoms with van der Waals surface area (Å²) in [5, 5.41) is 16.5. The summed E-state index contributed by atoms with van der Waals surface area (Å²) >= 11 is 0. The van der Waals surface area contributed by atoms with Gasteiger partial charge in [0.15, 0.2) is 0 Å². The number of aromatic nitrogens is 3. The molecule has 31 heavy (non-hydrogen) atoms. The minimum Gasteiger partial charge on any atom is -0.481 e. The standard InChI is InChI=1S/C24H28N4O3/c1-14(2)10-16-4-6-17(7-5-16)23-27-22(28-31-23)21-9-8-19(26-15(21)3)13-25-20-11-18(12-20)24(29)30/h4-9,14,18,20,25H,10-13H2,1-3H3,(H,29,30). The van der Waals surface area contributed by atoms with Gasteiger partial charge >= 0.3 is 5.97 Å². The number of aliphatic carboxylic acids is 1. The zero-order valence-electron chi connectivity index (χ0n) is 18.1. The molecule has 0 aliphatic heterocycles. The number of hydrogen-bond donors (Lipinski definition) is 2. The van der Waals surface area contributed by atoms with Gasteiger partial charge in [0.2, 0.25) is 5.82 Å². The largest absolute Gasteiger partial charge is 0.481 e. The van der Waals surface area contributed by atoms with Crippen LogP contribution >= 0.6 is 0 Å². The summed E-state index contributed by atoms with van der Waals surface area (Å²) in [5.41, 5.74) is 4.77. The Labute approximate surface area is 181 Å². The molecule has 2 heterocycles. The number of pyridine rings is 1. The van der Waals surface area contributed by atoms with Crippen LogP contribution in [0.25, 0.3) is 22.8 Å². The molecule has 1 saturated carbocycles. The van der Waals surface area contributed by atoms with Gasteiger partial charge in [0, 0.05) is 29.4 Å². The lowest BCUT2D eigenvalue weighted by atomic mass is 9.80. The Kier molecular flexibility index (Phi) is 6.13. The molecule has 0 atom stereocenters. The van der Waals surface area contributed by atoms with Gasteiger partial charge in [-0.25, -0.2) is 0 Å². The van der Waals surface area contributed by atoms with Crippen LogP contribution in [0.5, 0.6) is 0 Å². The van der Waals surface area contributed by atoms with Gasteiger partial charge in [-0.1, -0.05) is 31.1 Å². The van der Waals surface area contributed by atoms with Crippen LogP contribution in [0.1, 0.15) is 43.6 Å². The number of carboxylic acid groups (broad SMARTS) is 1. The van der Waals surface area contributed by atoms with Crippen LogP contribution in [0.2, 0.25) is 0 Å². The van der Waals surface area contributed by atoms with E-state index in [1.165, 1.54) is 5.56 Å². The van der Waals surface area contributed by atoms with E-state index in [4.69, 9.17) is 9.63 Å². The van der Waals surface area contributed by atoms with E-state index in [2.05, 4.69) is 46.4 Å². The Balaban J connectivity index is 1.40. The van der Waals surface area contributed by atoms with E-state index in [1.54, 1.807) is 0 Å². The highest BCUT2D eigenvalue weighted by atomic mass is 16.5. The van der Waals surface area contributed by atoms with Crippen LogP contribution in [0.4, 0.5) is 0 Å². The quantitative estimate of drug-likeness (QED) is 0.561. The van der Waals surface area contributed by atoms with E-state index < -0.39 is 5.97 Å². The monoisotopic (exact) mass is 420 g/mol. The number of aryl methyl sites for hydroxylation is 1. The zero-order valence-corrected chi connectivity index (χ0v) is 18.1. The second kappa shape index (κ2) is 8.98. The van der Waals surface area contributed by atoms with E-state index >= 15 is 0 Å². The molecule has 0 radical (unpaired) electrons. The third-order valence-corrected chi connectivity index (χ3v) is 5.71. The van der Waals surface area contributed by atoms with Crippen molar-refractivity contribution in [3.8, 4) is 22.8 Å². The van der Waals surface area contributed by atoms with Crippen LogP contribution in [-0.2, 0) is 17.8 Å². The number of carbonyl (C=O) groups is 1. The maximum absolute atomic E-state index is 10.9. The highest BCUT2D eigenvalue weighted by molar-refractivity contribution is 5.71. The molecular formula is C24H28N4O3. The third-order valence-electron chi connectivity index (χ3n) is 5.71. The molecule has 0 saturated heterocycles. The molecule has 3 aromatic rings. The Bertz CT molecular complexity index is 1050. The first-order valence-electron chi connectivity index (χ1n) is 10.7. The van der Waals surface area contributed by atoms with E-state index in [9.17, 15) is 4.79 Å². The fraction of sp³-hybridized carbons (Fsp3) is 0.417. The summed E-state index contributed by atoms with van der Waals surface area (Å²) in [5.74, 6) is 0.712. The van der Waals surface area contributed by atoms with Crippen molar-refractivity contribution >= 4 is 5.97 Å². The van der Waals surface area contributed by atoms with Crippen molar-refractivity contribution in [1.29, 1.82) is 0 Å². The molecule has 1 aliphatic carbocycles. The molecule has 0 amide bonds. The average molecular weight is 421 g/mol. The lowest BCUT2D eigenvalue weighted by molar-refractivity contribution is -0.145. The molecule has 1 aliphatic rings. The van der Waals surface area contributed by atoms with Gasteiger partial charge in [0.1, 0.15) is 0 Å². The minimum atomic E-state index is -0.706. The Morgan fingerprint density at radius 3 is 2.55 bits per heavy atom. The van der Waals surface area contributed by atoms with Gasteiger partial charge in [0.05, 0.1) is 11.6 Å². The number of hydrogen-bond acceptors (Lipinski definition) is 6. The first-order valence-corrected chi connectivity index (χ1v) is 10.7. The predicted octanol–water partition coefficient (Wildman–Crippen LogP) is 4.26. The molecule has 7 heteroatoms. The maximum atomic E-state index is 10.9. The number of carboxylic acids is 1. The van der Waals surface area contributed by atoms with Crippen LogP contribution < -0.4 is 5.32 Å². The molecule has 1 aromatic carbocycles. The SMILES string of the molecule is Cc1nc(CNC2CC(C(=O)O)C2)ccc1-c1noc(-c2ccc(CC(C)C)cc2)n1. The average Bonchev–Trinajstić information content (AvgIpc) is 3.16. The highest BCUT2D eigenvalue weighted by Gasteiger charge is 2.33. The first kappa shape index (κ1) is 21.2. The Morgan fingerprint density at radius 1 is 1.16 bits per heavy atom. The van der Waals surface area contributed by atoms with E-state index in [1.807, 2.05) is 31.2 Å². The van der Waals surface area contributed by atoms with Gasteiger partial charge in [-0.2, -0.15) is 4.98 Å². The van der Waals surface area contributed by atoms with Crippen LogP contribution in [0.15, 0.2) is 40.9 Å². The summed E-state index contributed by atoms with van der Waals surface area (Å²) in [6.07, 6.45) is 2.40. The van der Waals surface area contributed by atoms with Crippen molar-refractivity contribution in [1.82, 2.24) is 20.4 Å². The summed E-state index contributed by atoms with van der Waals surface area (Å²) in [7, 11) is 0. The maximum Gasteiger partial charge on any atom is 0.306 e. The van der Waals surface area contributed by atoms with Gasteiger partial charge in [-0.05, 0) is 61.9 Å². The summed E-state index contributed by atoms with van der Waals surface area (Å²) in [4.78, 5) is 20.1. The van der Waals surface area contributed by atoms with Crippen molar-refractivity contribution in [3.63, 3.8) is 0 Å². The number of nitrogens with zero attached hydrogens (tertiary/aromatic N) is 3. The number of nitrogens with one attached hydrogen (secondary N) is 1. The van der Waals surface area contributed by atoms with Gasteiger partial charge in [-0.3, -0.25) is 9.78 Å². The van der Waals surface area contributed by atoms with Crippen molar-refractivity contribution in [2.75, 3.05) is 0 Å². The Hall–Kier alpha value is -3.06. The predicted molar refractivity (Wildman–Crippen MR) is 117 cm³/mol. The van der Waals surface area contributed by atoms with Crippen molar-refractivity contribution < 1.29 is 14.4 Å². The normalized spacial score (nSPS) is 18.2. The van der Waals surface area contributed by atoms with E-state index in [-0.39, 0.29) is 12.0 Å². The summed E-state index contributed by atoms with van der Waals surface area (Å²) < 4.78 is 5.49. The summed E-state index contributed by atoms with van der Waals surface area (Å²) in [6.45, 7) is 6.95. The lowest BCUT2D eigenvalue weighted by Crippen LogP contribution is -2.43. The number of rotatable bonds is 8. The van der Waals surface area contributed by atoms with E-state index in [0.29, 0.717) is 37.0 Å². The molecule has 4 rings (SSSR count). The topological polar surface area (TPSA) is 101 Å². The lowest BCUT2D eigenvalue weighted by Gasteiger charge is -2.33. The molecule has 0 bridgehead atoms. The van der Waals surface area contributed by atoms with Crippen molar-refractivity contribution in [3.05, 3.63) is 53.3 Å². The van der Waals surface area contributed by atoms with Crippen molar-refractivity contribution in [2.45, 2.75) is 52.6 Å². The first-order chi connectivity index (χ1) is 14.9. The second-order valence-corrected chi connectivity index (χ2v) is 8.74. The fourth-order valence-corrected chi connectivity index (χ4v) is 3.89. The second-order valence-electron chi connectivity index (χ2n) is 8.74. The molecule has 1 fully saturated rings. The molecule has 2 N–H and O–H groups in total. The van der Waals surface area contributed by atoms with Crippen LogP contribution in [0, 0.1) is 18.8 Å². The smallest absolute Gasteiger partial charge is 0.306 e. The van der Waals surface area contributed by atoms with Crippen LogP contribution in [-0.4, -0.2) is 32.2 Å². The van der Waals surface area contributed by atoms with Gasteiger partial charge < -0.3 is 14.9 Å². The minimum absolute atomic E-state index is 0.214. The molecule has 2 aromatic heterocycles. The van der Waals surface area contributed by atoms with E-state index in [0.717, 1.165) is 28.9 Å². The van der Waals surface area contributed by atoms with Crippen molar-refractivity contribution in [2.24, 2.45) is 11.8 Å². The fourth-order valence-electron chi connectivity index (χ4n) is 3.89. The molecule has 162 valence electrons. The Morgan fingerprint density at radius 2 is 1.90 bits per heavy atom. The van der Waals surface area contributed by atoms with Gasteiger partial charge in [-0.15, -0.1) is 0 Å². The molecule has 0 spiro atoms. The zero-order chi connectivity index (χ0) is 22.0. The number of benzene rings is 1. The summed E-state index contributed by atoms with van der Waals surface area (Å²) in [6, 6.07) is 12.4.